The van der Waals surface area contributed by atoms with Crippen LogP contribution in [-0.4, -0.2) is 17.8 Å². The molecule has 0 fully saturated rings. The Bertz CT molecular complexity index is 790. The zero-order valence-electron chi connectivity index (χ0n) is 17.2. The number of nitrogens with one attached hydrogen (secondary N) is 1. The van der Waals surface area contributed by atoms with Gasteiger partial charge in [-0.1, -0.05) is 23.2 Å². The number of anilines is 2. The second kappa shape index (κ2) is 14.2. The van der Waals surface area contributed by atoms with Gasteiger partial charge in [-0.05, 0) is 61.4 Å². The lowest BCUT2D eigenvalue weighted by molar-refractivity contribution is -0.458. The molecule has 0 aliphatic rings. The summed E-state index contributed by atoms with van der Waals surface area (Å²) >= 11 is 11.5. The number of nitrogen functional groups attached to an aromatic ring is 1. The predicted octanol–water partition coefficient (Wildman–Crippen LogP) is 4.80. The van der Waals surface area contributed by atoms with Crippen LogP contribution in [0.5, 0.6) is 0 Å². The lowest BCUT2D eigenvalue weighted by Crippen LogP contribution is -2.05. The van der Waals surface area contributed by atoms with Gasteiger partial charge in [-0.25, -0.2) is 9.59 Å². The molecule has 0 aliphatic carbocycles. The third kappa shape index (κ3) is 15.2. The fraction of sp³-hybridized carbons (Fsp3) is 0.250. The van der Waals surface area contributed by atoms with Crippen molar-refractivity contribution in [2.75, 3.05) is 11.1 Å². The Morgan fingerprint density at radius 1 is 0.800 bits per heavy atom. The largest absolute Gasteiger partial charge is 0.399 e. The van der Waals surface area contributed by atoms with Crippen molar-refractivity contribution in [3.8, 4) is 0 Å². The normalized spacial score (nSPS) is 9.17. The van der Waals surface area contributed by atoms with Crippen LogP contribution < -0.4 is 11.1 Å². The zero-order chi connectivity index (χ0) is 23.3. The Morgan fingerprint density at radius 2 is 1.27 bits per heavy atom. The van der Waals surface area contributed by atoms with Gasteiger partial charge >= 0.3 is 11.9 Å². The molecule has 164 valence electrons. The highest BCUT2D eigenvalue weighted by Gasteiger charge is 1.98. The number of rotatable bonds is 3. The van der Waals surface area contributed by atoms with E-state index in [9.17, 15) is 14.4 Å². The molecule has 0 bridgehead atoms. The molecular formula is C20H24Cl2N2O6. The molecule has 10 heteroatoms. The minimum absolute atomic E-state index is 0.0864. The standard InChI is InChI=1S/C9H10ClNO.C7H8ClN.C4H6O5/c1-6-3-8(10)5-9(4-6)11-7(2)12;1-5-2-6(8)4-7(9)3-5;1-3(5)7-9-8-4(2)6/h3-5H,1-2H3,(H,11,12);2-4H,9H2,1H3;1-2H3. The number of amides is 1. The fourth-order valence-electron chi connectivity index (χ4n) is 1.89. The van der Waals surface area contributed by atoms with Crippen LogP contribution in [0.1, 0.15) is 31.9 Å². The number of hydrogen-bond donors (Lipinski definition) is 2. The van der Waals surface area contributed by atoms with E-state index in [0.717, 1.165) is 36.3 Å². The molecule has 0 radical (unpaired) electrons. The fourth-order valence-corrected chi connectivity index (χ4v) is 2.48. The number of hydrogen-bond acceptors (Lipinski definition) is 7. The molecule has 8 nitrogen and oxygen atoms in total. The van der Waals surface area contributed by atoms with E-state index in [4.69, 9.17) is 28.9 Å². The van der Waals surface area contributed by atoms with Gasteiger partial charge in [0.1, 0.15) is 0 Å². The average Bonchev–Trinajstić information content (AvgIpc) is 2.52. The molecule has 1 amide bonds. The lowest BCUT2D eigenvalue weighted by Gasteiger charge is -2.03. The van der Waals surface area contributed by atoms with Gasteiger partial charge in [0.05, 0.1) is 0 Å². The smallest absolute Gasteiger partial charge is 0.343 e. The summed E-state index contributed by atoms with van der Waals surface area (Å²) in [4.78, 5) is 38.0. The van der Waals surface area contributed by atoms with Crippen molar-refractivity contribution in [1.29, 1.82) is 0 Å². The molecule has 0 saturated carbocycles. The number of carbonyl (C=O) groups is 3. The van der Waals surface area contributed by atoms with Crippen LogP contribution in [0.4, 0.5) is 11.4 Å². The maximum absolute atomic E-state index is 10.7. The van der Waals surface area contributed by atoms with Gasteiger partial charge in [-0.15, -0.1) is 0 Å². The molecule has 3 N–H and O–H groups in total. The van der Waals surface area contributed by atoms with Crippen molar-refractivity contribution < 1.29 is 29.2 Å². The summed E-state index contributed by atoms with van der Waals surface area (Å²) in [5, 5.41) is 7.66. The summed E-state index contributed by atoms with van der Waals surface area (Å²) in [6.07, 6.45) is 0. The third-order valence-electron chi connectivity index (χ3n) is 2.73. The first-order valence-corrected chi connectivity index (χ1v) is 9.24. The zero-order valence-corrected chi connectivity index (χ0v) is 18.8. The topological polar surface area (TPSA) is 117 Å². The summed E-state index contributed by atoms with van der Waals surface area (Å²) in [5.74, 6) is -1.45. The van der Waals surface area contributed by atoms with E-state index in [1.54, 1.807) is 12.1 Å². The highest BCUT2D eigenvalue weighted by molar-refractivity contribution is 6.31. The maximum Gasteiger partial charge on any atom is 0.343 e. The monoisotopic (exact) mass is 458 g/mol. The second-order valence-corrected chi connectivity index (χ2v) is 6.85. The summed E-state index contributed by atoms with van der Waals surface area (Å²) in [6, 6.07) is 10.9. The van der Waals surface area contributed by atoms with Crippen molar-refractivity contribution in [3.05, 3.63) is 57.6 Å². The van der Waals surface area contributed by atoms with Crippen LogP contribution >= 0.6 is 23.2 Å². The van der Waals surface area contributed by atoms with E-state index in [-0.39, 0.29) is 5.91 Å². The molecule has 0 saturated heterocycles. The molecule has 0 spiro atoms. The predicted molar refractivity (Wildman–Crippen MR) is 116 cm³/mol. The SMILES string of the molecule is CC(=O)Nc1cc(C)cc(Cl)c1.CC(=O)OOOC(C)=O.Cc1cc(N)cc(Cl)c1. The van der Waals surface area contributed by atoms with E-state index in [0.29, 0.717) is 10.0 Å². The summed E-state index contributed by atoms with van der Waals surface area (Å²) in [6.45, 7) is 7.59. The van der Waals surface area contributed by atoms with Crippen molar-refractivity contribution in [3.63, 3.8) is 0 Å². The Kier molecular flexibility index (Phi) is 12.9. The maximum atomic E-state index is 10.7. The first-order valence-electron chi connectivity index (χ1n) is 8.48. The average molecular weight is 459 g/mol. The molecule has 0 atom stereocenters. The highest BCUT2D eigenvalue weighted by Crippen LogP contribution is 2.18. The van der Waals surface area contributed by atoms with E-state index in [2.05, 4.69) is 20.1 Å². The molecule has 2 aromatic rings. The quantitative estimate of drug-likeness (QED) is 0.385. The summed E-state index contributed by atoms with van der Waals surface area (Å²) < 4.78 is 0. The molecule has 2 rings (SSSR count). The number of nitrogens with two attached hydrogens (primary N) is 1. The van der Waals surface area contributed by atoms with Gasteiger partial charge in [0, 0.05) is 47.2 Å². The van der Waals surface area contributed by atoms with Crippen molar-refractivity contribution in [2.45, 2.75) is 34.6 Å². The molecule has 0 aromatic heterocycles. The first kappa shape index (κ1) is 27.2. The minimum Gasteiger partial charge on any atom is -0.399 e. The van der Waals surface area contributed by atoms with E-state index >= 15 is 0 Å². The number of halogens is 2. The van der Waals surface area contributed by atoms with Crippen molar-refractivity contribution in [2.24, 2.45) is 0 Å². The van der Waals surface area contributed by atoms with Crippen LogP contribution in [0.2, 0.25) is 10.0 Å². The van der Waals surface area contributed by atoms with Gasteiger partial charge < -0.3 is 11.1 Å². The number of aryl methyl sites for hydroxylation is 2. The van der Waals surface area contributed by atoms with Crippen LogP contribution in [-0.2, 0) is 29.2 Å². The Hall–Kier alpha value is -2.81. The molecule has 0 heterocycles. The number of benzene rings is 2. The lowest BCUT2D eigenvalue weighted by atomic mass is 10.2. The molecule has 2 aromatic carbocycles. The van der Waals surface area contributed by atoms with Crippen LogP contribution in [0, 0.1) is 13.8 Å². The van der Waals surface area contributed by atoms with E-state index in [1.807, 2.05) is 38.1 Å². The summed E-state index contributed by atoms with van der Waals surface area (Å²) in [5.41, 5.74) is 9.07. The van der Waals surface area contributed by atoms with Crippen LogP contribution in [0.25, 0.3) is 0 Å². The van der Waals surface area contributed by atoms with Gasteiger partial charge in [-0.3, -0.25) is 14.6 Å². The number of carbonyl (C=O) groups excluding carboxylic acids is 3. The third-order valence-corrected chi connectivity index (χ3v) is 3.17. The molecule has 30 heavy (non-hydrogen) atoms. The Balaban J connectivity index is 0.000000428. The second-order valence-electron chi connectivity index (χ2n) is 5.98. The van der Waals surface area contributed by atoms with Gasteiger partial charge in [0.2, 0.25) is 5.91 Å². The van der Waals surface area contributed by atoms with E-state index < -0.39 is 11.9 Å². The Labute approximate surface area is 185 Å². The summed E-state index contributed by atoms with van der Waals surface area (Å²) in [7, 11) is 0. The minimum atomic E-state index is -0.684. The first-order chi connectivity index (χ1) is 13.9. The van der Waals surface area contributed by atoms with Gasteiger partial charge in [-0.2, -0.15) is 0 Å². The molecule has 0 unspecified atom stereocenters. The molecular weight excluding hydrogens is 435 g/mol. The van der Waals surface area contributed by atoms with E-state index in [1.165, 1.54) is 6.92 Å². The van der Waals surface area contributed by atoms with Gasteiger partial charge in [0.15, 0.2) is 0 Å². The van der Waals surface area contributed by atoms with Crippen molar-refractivity contribution in [1.82, 2.24) is 0 Å². The Morgan fingerprint density at radius 3 is 1.63 bits per heavy atom. The highest BCUT2D eigenvalue weighted by atomic mass is 35.5. The van der Waals surface area contributed by atoms with Crippen LogP contribution in [0.3, 0.4) is 0 Å². The molecule has 0 aliphatic heterocycles. The van der Waals surface area contributed by atoms with Crippen LogP contribution in [0.15, 0.2) is 36.4 Å². The van der Waals surface area contributed by atoms with Crippen molar-refractivity contribution >= 4 is 52.4 Å². The van der Waals surface area contributed by atoms with Gasteiger partial charge in [0.25, 0.3) is 0 Å².